The molecule has 0 aromatic heterocycles. The molecule has 0 saturated carbocycles. The number of piperazine rings is 1. The van der Waals surface area contributed by atoms with Gasteiger partial charge < -0.3 is 10.4 Å². The Morgan fingerprint density at radius 1 is 1.82 bits per heavy atom. The number of nitrogens with zero attached hydrogens (tertiary/aromatic N) is 1. The Morgan fingerprint density at radius 2 is 2.45 bits per heavy atom. The molecule has 1 fully saturated rings. The summed E-state index contributed by atoms with van der Waals surface area (Å²) in [6.45, 7) is 2.12. The zero-order valence-electron chi connectivity index (χ0n) is 6.20. The fraction of sp³-hybridized carbons (Fsp3) is 0.667. The molecule has 11 heavy (non-hydrogen) atoms. The van der Waals surface area contributed by atoms with Crippen molar-refractivity contribution in [2.24, 2.45) is 0 Å². The average molecular weight is 158 g/mol. The van der Waals surface area contributed by atoms with Gasteiger partial charge in [-0.3, -0.25) is 9.69 Å². The summed E-state index contributed by atoms with van der Waals surface area (Å²) in [5.41, 5.74) is 0. The molecular weight excluding hydrogens is 148 g/mol. The zero-order chi connectivity index (χ0) is 8.43. The Hall–Kier alpha value is -1.26. The Morgan fingerprint density at radius 3 is 2.91 bits per heavy atom. The predicted octanol–water partition coefficient (Wildman–Crippen LogP) is -0.515. The van der Waals surface area contributed by atoms with Gasteiger partial charge in [0.1, 0.15) is 6.54 Å². The fourth-order valence-corrected chi connectivity index (χ4v) is 0.994. The quantitative estimate of drug-likeness (QED) is 0.498. The van der Waals surface area contributed by atoms with Gasteiger partial charge in [0, 0.05) is 6.54 Å². The van der Waals surface area contributed by atoms with Crippen LogP contribution in [0.15, 0.2) is 0 Å². The highest BCUT2D eigenvalue weighted by molar-refractivity contribution is 5.83. The highest BCUT2D eigenvalue weighted by Crippen LogP contribution is 2.02. The van der Waals surface area contributed by atoms with Gasteiger partial charge in [-0.15, -0.1) is 0 Å². The van der Waals surface area contributed by atoms with E-state index in [0.29, 0.717) is 6.54 Å². The number of carbonyl (C=O) groups excluding carboxylic acids is 1. The second-order valence-corrected chi connectivity index (χ2v) is 2.56. The maximum Gasteiger partial charge on any atom is 0.408 e. The van der Waals surface area contributed by atoms with Crippen LogP contribution in [-0.2, 0) is 4.79 Å². The van der Waals surface area contributed by atoms with Crippen LogP contribution in [0.1, 0.15) is 6.92 Å². The lowest BCUT2D eigenvalue weighted by Crippen LogP contribution is -2.54. The minimum atomic E-state index is -1.03. The second-order valence-electron chi connectivity index (χ2n) is 2.56. The Labute approximate surface area is 64.0 Å². The summed E-state index contributed by atoms with van der Waals surface area (Å²) in [7, 11) is 0. The molecule has 1 rings (SSSR count). The molecule has 5 nitrogen and oxygen atoms in total. The standard InChI is InChI=1S/C6H10N2O3/c1-4-2-7-5(9)3-8(4)6(10)11/h4H,2-3H2,1H3,(H,7,9)(H,10,11). The van der Waals surface area contributed by atoms with Crippen LogP contribution in [0.25, 0.3) is 0 Å². The van der Waals surface area contributed by atoms with E-state index >= 15 is 0 Å². The van der Waals surface area contributed by atoms with Gasteiger partial charge in [0.05, 0.1) is 6.04 Å². The number of nitrogens with one attached hydrogen (secondary N) is 1. The molecule has 1 heterocycles. The first-order valence-corrected chi connectivity index (χ1v) is 3.37. The van der Waals surface area contributed by atoms with Crippen molar-refractivity contribution in [2.45, 2.75) is 13.0 Å². The molecule has 2 amide bonds. The molecule has 0 aromatic carbocycles. The minimum Gasteiger partial charge on any atom is -0.465 e. The lowest BCUT2D eigenvalue weighted by atomic mass is 10.2. The summed E-state index contributed by atoms with van der Waals surface area (Å²) in [4.78, 5) is 22.3. The van der Waals surface area contributed by atoms with Crippen molar-refractivity contribution < 1.29 is 14.7 Å². The van der Waals surface area contributed by atoms with E-state index in [0.717, 1.165) is 4.90 Å². The van der Waals surface area contributed by atoms with Crippen molar-refractivity contribution in [3.8, 4) is 0 Å². The second kappa shape index (κ2) is 2.77. The molecule has 1 unspecified atom stereocenters. The highest BCUT2D eigenvalue weighted by Gasteiger charge is 2.26. The van der Waals surface area contributed by atoms with Gasteiger partial charge >= 0.3 is 6.09 Å². The van der Waals surface area contributed by atoms with E-state index in [1.54, 1.807) is 6.92 Å². The molecular formula is C6H10N2O3. The van der Waals surface area contributed by atoms with Crippen LogP contribution in [-0.4, -0.2) is 41.1 Å². The van der Waals surface area contributed by atoms with Gasteiger partial charge in [-0.25, -0.2) is 4.79 Å². The monoisotopic (exact) mass is 158 g/mol. The zero-order valence-corrected chi connectivity index (χ0v) is 6.20. The third kappa shape index (κ3) is 1.60. The number of hydrogen-bond donors (Lipinski definition) is 2. The van der Waals surface area contributed by atoms with E-state index in [1.807, 2.05) is 0 Å². The SMILES string of the molecule is CC1CNC(=O)CN1C(=O)O. The lowest BCUT2D eigenvalue weighted by molar-refractivity contribution is -0.124. The van der Waals surface area contributed by atoms with E-state index in [1.165, 1.54) is 0 Å². The number of rotatable bonds is 0. The van der Waals surface area contributed by atoms with Crippen molar-refractivity contribution in [1.29, 1.82) is 0 Å². The molecule has 5 heteroatoms. The lowest BCUT2D eigenvalue weighted by Gasteiger charge is -2.30. The Bertz CT molecular complexity index is 192. The topological polar surface area (TPSA) is 69.6 Å². The van der Waals surface area contributed by atoms with Gasteiger partial charge in [-0.1, -0.05) is 0 Å². The molecule has 2 N–H and O–H groups in total. The van der Waals surface area contributed by atoms with Crippen LogP contribution in [0.2, 0.25) is 0 Å². The van der Waals surface area contributed by atoms with Crippen molar-refractivity contribution in [2.75, 3.05) is 13.1 Å². The van der Waals surface area contributed by atoms with Crippen LogP contribution in [0, 0.1) is 0 Å². The van der Waals surface area contributed by atoms with E-state index in [9.17, 15) is 9.59 Å². The predicted molar refractivity (Wildman–Crippen MR) is 37.2 cm³/mol. The van der Waals surface area contributed by atoms with Crippen LogP contribution >= 0.6 is 0 Å². The van der Waals surface area contributed by atoms with Crippen LogP contribution in [0.4, 0.5) is 4.79 Å². The molecule has 1 aliphatic rings. The van der Waals surface area contributed by atoms with Gasteiger partial charge in [0.25, 0.3) is 0 Å². The first kappa shape index (κ1) is 7.84. The average Bonchev–Trinajstić information content (AvgIpc) is 1.94. The van der Waals surface area contributed by atoms with Crippen molar-refractivity contribution in [1.82, 2.24) is 10.2 Å². The summed E-state index contributed by atoms with van der Waals surface area (Å²) in [6.07, 6.45) is -1.03. The number of carbonyl (C=O) groups is 2. The maximum absolute atomic E-state index is 10.7. The fourth-order valence-electron chi connectivity index (χ4n) is 0.994. The normalized spacial score (nSPS) is 24.6. The van der Waals surface area contributed by atoms with E-state index in [4.69, 9.17) is 5.11 Å². The highest BCUT2D eigenvalue weighted by atomic mass is 16.4. The maximum atomic E-state index is 10.7. The van der Waals surface area contributed by atoms with E-state index < -0.39 is 6.09 Å². The van der Waals surface area contributed by atoms with Gasteiger partial charge in [0.15, 0.2) is 0 Å². The number of hydrogen-bond acceptors (Lipinski definition) is 2. The molecule has 0 bridgehead atoms. The number of carboxylic acid groups (broad SMARTS) is 1. The molecule has 1 atom stereocenters. The molecule has 0 spiro atoms. The molecule has 1 aliphatic heterocycles. The Balaban J connectivity index is 2.61. The van der Waals surface area contributed by atoms with Gasteiger partial charge in [-0.2, -0.15) is 0 Å². The summed E-state index contributed by atoms with van der Waals surface area (Å²) < 4.78 is 0. The summed E-state index contributed by atoms with van der Waals surface area (Å²) in [5, 5.41) is 11.1. The van der Waals surface area contributed by atoms with E-state index in [-0.39, 0.29) is 18.5 Å². The third-order valence-corrected chi connectivity index (χ3v) is 1.69. The smallest absolute Gasteiger partial charge is 0.408 e. The first-order chi connectivity index (χ1) is 5.11. The summed E-state index contributed by atoms with van der Waals surface area (Å²) in [6, 6.07) is -0.120. The van der Waals surface area contributed by atoms with Crippen LogP contribution in [0.3, 0.4) is 0 Å². The first-order valence-electron chi connectivity index (χ1n) is 3.37. The van der Waals surface area contributed by atoms with Crippen molar-refractivity contribution >= 4 is 12.0 Å². The third-order valence-electron chi connectivity index (χ3n) is 1.69. The Kier molecular flexibility index (Phi) is 1.98. The van der Waals surface area contributed by atoms with Crippen LogP contribution in [0.5, 0.6) is 0 Å². The molecule has 0 aliphatic carbocycles. The summed E-state index contributed by atoms with van der Waals surface area (Å²) in [5.74, 6) is -0.231. The molecule has 62 valence electrons. The molecule has 0 aromatic rings. The largest absolute Gasteiger partial charge is 0.465 e. The van der Waals surface area contributed by atoms with Crippen LogP contribution < -0.4 is 5.32 Å². The summed E-state index contributed by atoms with van der Waals surface area (Å²) >= 11 is 0. The number of amides is 2. The van der Waals surface area contributed by atoms with Gasteiger partial charge in [-0.05, 0) is 6.92 Å². The molecule has 1 saturated heterocycles. The van der Waals surface area contributed by atoms with E-state index in [2.05, 4.69) is 5.32 Å². The minimum absolute atomic E-state index is 0.0451. The van der Waals surface area contributed by atoms with Gasteiger partial charge in [0.2, 0.25) is 5.91 Å². The van der Waals surface area contributed by atoms with Crippen molar-refractivity contribution in [3.05, 3.63) is 0 Å². The van der Waals surface area contributed by atoms with Crippen molar-refractivity contribution in [3.63, 3.8) is 0 Å². The molecule has 0 radical (unpaired) electrons.